The number of ketones is 1. The van der Waals surface area contributed by atoms with Crippen molar-refractivity contribution in [3.63, 3.8) is 0 Å². The summed E-state index contributed by atoms with van der Waals surface area (Å²) in [5.41, 5.74) is 1.41. The first kappa shape index (κ1) is 21.6. The van der Waals surface area contributed by atoms with Gasteiger partial charge in [0.05, 0.1) is 18.2 Å². The van der Waals surface area contributed by atoms with Gasteiger partial charge in [0, 0.05) is 12.1 Å². The van der Waals surface area contributed by atoms with Crippen LogP contribution < -0.4 is 4.74 Å². The summed E-state index contributed by atoms with van der Waals surface area (Å²) >= 11 is 0. The van der Waals surface area contributed by atoms with E-state index in [2.05, 4.69) is 0 Å². The first-order valence-electron chi connectivity index (χ1n) is 11.1. The number of nitrogens with zero attached hydrogens (tertiary/aromatic N) is 1. The van der Waals surface area contributed by atoms with Gasteiger partial charge in [-0.15, -0.1) is 0 Å². The fraction of sp³-hybridized carbons (Fsp3) is 0.259. The molecule has 1 aliphatic heterocycles. The molecular weight excluding hydrogens is 402 g/mol. The van der Waals surface area contributed by atoms with Gasteiger partial charge in [0.15, 0.2) is 0 Å². The summed E-state index contributed by atoms with van der Waals surface area (Å²) in [7, 11) is 0. The molecule has 1 atom stereocenters. The van der Waals surface area contributed by atoms with E-state index in [0.717, 1.165) is 29.2 Å². The molecule has 0 saturated carbocycles. The third-order valence-electron chi connectivity index (χ3n) is 5.82. The molecule has 0 radical (unpaired) electrons. The van der Waals surface area contributed by atoms with E-state index in [-0.39, 0.29) is 11.3 Å². The van der Waals surface area contributed by atoms with Crippen molar-refractivity contribution in [1.82, 2.24) is 4.90 Å². The molecule has 5 nitrogen and oxygen atoms in total. The monoisotopic (exact) mass is 429 g/mol. The van der Waals surface area contributed by atoms with Crippen LogP contribution in [0.25, 0.3) is 16.5 Å². The highest BCUT2D eigenvalue weighted by atomic mass is 16.5. The van der Waals surface area contributed by atoms with Crippen molar-refractivity contribution >= 4 is 28.2 Å². The van der Waals surface area contributed by atoms with Gasteiger partial charge >= 0.3 is 0 Å². The quantitative estimate of drug-likeness (QED) is 0.308. The van der Waals surface area contributed by atoms with Crippen molar-refractivity contribution in [3.8, 4) is 5.75 Å². The second kappa shape index (κ2) is 9.27. The lowest BCUT2D eigenvalue weighted by Gasteiger charge is -2.25. The molecule has 0 bridgehead atoms. The average molecular weight is 430 g/mol. The number of hydrogen-bond acceptors (Lipinski definition) is 4. The summed E-state index contributed by atoms with van der Waals surface area (Å²) in [6.07, 6.45) is 1.65. The van der Waals surface area contributed by atoms with Gasteiger partial charge in [0.1, 0.15) is 11.5 Å². The predicted octanol–water partition coefficient (Wildman–Crippen LogP) is 5.46. The van der Waals surface area contributed by atoms with E-state index in [0.29, 0.717) is 24.5 Å². The van der Waals surface area contributed by atoms with Crippen molar-refractivity contribution in [2.24, 2.45) is 0 Å². The number of ether oxygens (including phenoxy) is 1. The van der Waals surface area contributed by atoms with Gasteiger partial charge in [-0.1, -0.05) is 67.9 Å². The normalized spacial score (nSPS) is 17.8. The van der Waals surface area contributed by atoms with Gasteiger partial charge < -0.3 is 14.7 Å². The maximum absolute atomic E-state index is 13.2. The van der Waals surface area contributed by atoms with Crippen LogP contribution in [0.3, 0.4) is 0 Å². The Kier molecular flexibility index (Phi) is 6.26. The second-order valence-electron chi connectivity index (χ2n) is 7.88. The Morgan fingerprint density at radius 1 is 1.00 bits per heavy atom. The summed E-state index contributed by atoms with van der Waals surface area (Å²) in [5, 5.41) is 13.2. The van der Waals surface area contributed by atoms with E-state index in [1.807, 2.05) is 74.5 Å². The minimum absolute atomic E-state index is 0.121. The van der Waals surface area contributed by atoms with Crippen molar-refractivity contribution in [2.75, 3.05) is 13.2 Å². The van der Waals surface area contributed by atoms with Crippen LogP contribution in [-0.2, 0) is 9.59 Å². The highest BCUT2D eigenvalue weighted by Gasteiger charge is 2.45. The van der Waals surface area contributed by atoms with E-state index < -0.39 is 17.7 Å². The maximum Gasteiger partial charge on any atom is 0.295 e. The standard InChI is InChI=1S/C27H27NO4/c1-3-5-16-28-24(19-12-8-13-20(17-19)32-4-2)23(26(30)27(28)31)25(29)22-15-9-11-18-10-6-7-14-21(18)22/h6-15,17,24,29H,3-5,16H2,1-2H3/b25-23-. The lowest BCUT2D eigenvalue weighted by Crippen LogP contribution is -2.30. The van der Waals surface area contributed by atoms with Crippen LogP contribution in [0.15, 0.2) is 72.3 Å². The number of fused-ring (bicyclic) bond motifs is 1. The summed E-state index contributed by atoms with van der Waals surface area (Å²) in [4.78, 5) is 27.8. The van der Waals surface area contributed by atoms with Gasteiger partial charge in [-0.2, -0.15) is 0 Å². The average Bonchev–Trinajstić information content (AvgIpc) is 3.07. The molecular formula is C27H27NO4. The number of carbonyl (C=O) groups excluding carboxylic acids is 2. The van der Waals surface area contributed by atoms with Crippen LogP contribution in [0.2, 0.25) is 0 Å². The number of amides is 1. The van der Waals surface area contributed by atoms with Gasteiger partial charge in [0.2, 0.25) is 0 Å². The van der Waals surface area contributed by atoms with Crippen LogP contribution in [-0.4, -0.2) is 34.8 Å². The second-order valence-corrected chi connectivity index (χ2v) is 7.88. The lowest BCUT2D eigenvalue weighted by atomic mass is 9.93. The number of unbranched alkanes of at least 4 members (excludes halogenated alkanes) is 1. The van der Waals surface area contributed by atoms with E-state index >= 15 is 0 Å². The fourth-order valence-corrected chi connectivity index (χ4v) is 4.30. The molecule has 1 N–H and O–H groups in total. The molecule has 0 aromatic heterocycles. The Labute approximate surface area is 187 Å². The van der Waals surface area contributed by atoms with Gasteiger partial charge in [-0.05, 0) is 41.8 Å². The van der Waals surface area contributed by atoms with Crippen molar-refractivity contribution in [2.45, 2.75) is 32.7 Å². The molecule has 1 amide bonds. The Morgan fingerprint density at radius 3 is 2.53 bits per heavy atom. The molecule has 1 aliphatic rings. The van der Waals surface area contributed by atoms with Crippen LogP contribution >= 0.6 is 0 Å². The molecule has 0 aliphatic carbocycles. The topological polar surface area (TPSA) is 66.8 Å². The smallest absolute Gasteiger partial charge is 0.295 e. The summed E-state index contributed by atoms with van der Waals surface area (Å²) in [6, 6.07) is 20.0. The van der Waals surface area contributed by atoms with Crippen molar-refractivity contribution in [3.05, 3.63) is 83.4 Å². The molecule has 1 fully saturated rings. The van der Waals surface area contributed by atoms with Crippen molar-refractivity contribution < 1.29 is 19.4 Å². The van der Waals surface area contributed by atoms with Crippen LogP contribution in [0, 0.1) is 0 Å². The molecule has 164 valence electrons. The number of rotatable bonds is 7. The zero-order valence-corrected chi connectivity index (χ0v) is 18.4. The number of Topliss-reactive ketones (excluding diaryl/α,β-unsaturated/α-hetero) is 1. The number of hydrogen-bond donors (Lipinski definition) is 1. The van der Waals surface area contributed by atoms with Gasteiger partial charge in [-0.3, -0.25) is 9.59 Å². The number of aliphatic hydroxyl groups excluding tert-OH is 1. The molecule has 32 heavy (non-hydrogen) atoms. The third kappa shape index (κ3) is 3.86. The van der Waals surface area contributed by atoms with Crippen molar-refractivity contribution in [1.29, 1.82) is 0 Å². The summed E-state index contributed by atoms with van der Waals surface area (Å²) in [5.74, 6) is -0.715. The van der Waals surface area contributed by atoms with E-state index in [4.69, 9.17) is 4.74 Å². The molecule has 3 aromatic rings. The summed E-state index contributed by atoms with van der Waals surface area (Å²) in [6.45, 7) is 4.89. The number of likely N-dealkylation sites (tertiary alicyclic amines) is 1. The Morgan fingerprint density at radius 2 is 1.75 bits per heavy atom. The Balaban J connectivity index is 1.92. The van der Waals surface area contributed by atoms with Gasteiger partial charge in [-0.25, -0.2) is 0 Å². The largest absolute Gasteiger partial charge is 0.507 e. The fourth-order valence-electron chi connectivity index (χ4n) is 4.30. The first-order valence-corrected chi connectivity index (χ1v) is 11.1. The van der Waals surface area contributed by atoms with E-state index in [1.165, 1.54) is 0 Å². The van der Waals surface area contributed by atoms with E-state index in [1.54, 1.807) is 11.0 Å². The molecule has 1 saturated heterocycles. The molecule has 4 rings (SSSR count). The maximum atomic E-state index is 13.2. The third-order valence-corrected chi connectivity index (χ3v) is 5.82. The van der Waals surface area contributed by atoms with Gasteiger partial charge in [0.25, 0.3) is 11.7 Å². The van der Waals surface area contributed by atoms with E-state index in [9.17, 15) is 14.7 Å². The summed E-state index contributed by atoms with van der Waals surface area (Å²) < 4.78 is 5.65. The predicted molar refractivity (Wildman–Crippen MR) is 125 cm³/mol. The number of aliphatic hydroxyl groups is 1. The van der Waals surface area contributed by atoms with Crippen LogP contribution in [0.4, 0.5) is 0 Å². The molecule has 1 heterocycles. The molecule has 3 aromatic carbocycles. The zero-order chi connectivity index (χ0) is 22.7. The highest BCUT2D eigenvalue weighted by Crippen LogP contribution is 2.41. The first-order chi connectivity index (χ1) is 15.6. The van der Waals surface area contributed by atoms with Crippen LogP contribution in [0.1, 0.15) is 43.9 Å². The number of carbonyl (C=O) groups is 2. The molecule has 1 unspecified atom stereocenters. The zero-order valence-electron chi connectivity index (χ0n) is 18.4. The molecule has 5 heteroatoms. The SMILES string of the molecule is CCCCN1C(=O)C(=O)/C(=C(\O)c2cccc3ccccc23)C1c1cccc(OCC)c1. The minimum Gasteiger partial charge on any atom is -0.507 e. The Bertz CT molecular complexity index is 1190. The highest BCUT2D eigenvalue weighted by molar-refractivity contribution is 6.46. The Hall–Kier alpha value is -3.60. The lowest BCUT2D eigenvalue weighted by molar-refractivity contribution is -0.139. The number of benzene rings is 3. The minimum atomic E-state index is -0.666. The molecule has 0 spiro atoms. The van der Waals surface area contributed by atoms with Crippen LogP contribution in [0.5, 0.6) is 5.75 Å².